The van der Waals surface area contributed by atoms with Gasteiger partial charge in [-0.15, -0.1) is 0 Å². The molecular weight excluding hydrogens is 408 g/mol. The molecule has 2 aliphatic heterocycles. The standard InChI is InChI=1S/C21H30N2O6S/c1-21(2,3)29-20(26)22-10-9-15-23-16-18(25)17(24)14(28-19(16)30-15)12-27-11-13-7-5-4-6-8-13/h4-8,14,16-19,24-25H,9-12H2,1-3H3,(H,22,26)/t14-,16-,17-,18-,19-/m1/s1. The number of aliphatic imine (C=N–C) groups is 1. The van der Waals surface area contributed by atoms with Gasteiger partial charge in [-0.25, -0.2) is 4.79 Å². The van der Waals surface area contributed by atoms with Crippen molar-refractivity contribution < 1.29 is 29.2 Å². The van der Waals surface area contributed by atoms with E-state index < -0.39 is 36.0 Å². The number of aliphatic hydroxyl groups excluding tert-OH is 2. The lowest BCUT2D eigenvalue weighted by molar-refractivity contribution is -0.171. The number of amides is 1. The zero-order valence-corrected chi connectivity index (χ0v) is 18.3. The van der Waals surface area contributed by atoms with Crippen LogP contribution in [0.1, 0.15) is 32.8 Å². The number of nitrogens with one attached hydrogen (secondary N) is 1. The average Bonchev–Trinajstić information content (AvgIpc) is 3.08. The Morgan fingerprint density at radius 1 is 1.23 bits per heavy atom. The molecule has 1 aromatic carbocycles. The van der Waals surface area contributed by atoms with Crippen LogP contribution < -0.4 is 5.32 Å². The van der Waals surface area contributed by atoms with Gasteiger partial charge in [-0.1, -0.05) is 42.1 Å². The van der Waals surface area contributed by atoms with Gasteiger partial charge >= 0.3 is 6.09 Å². The van der Waals surface area contributed by atoms with E-state index in [-0.39, 0.29) is 12.0 Å². The lowest BCUT2D eigenvalue weighted by Crippen LogP contribution is -2.56. The predicted octanol–water partition coefficient (Wildman–Crippen LogP) is 2.08. The van der Waals surface area contributed by atoms with Crippen LogP contribution >= 0.6 is 11.8 Å². The predicted molar refractivity (Wildman–Crippen MR) is 114 cm³/mol. The molecule has 0 spiro atoms. The van der Waals surface area contributed by atoms with Crippen LogP contribution in [-0.2, 0) is 20.8 Å². The number of ether oxygens (including phenoxy) is 3. The number of carbonyl (C=O) groups excluding carboxylic acids is 1. The van der Waals surface area contributed by atoms with Gasteiger partial charge in [-0.05, 0) is 26.3 Å². The number of aliphatic hydroxyl groups is 2. The number of nitrogens with zero attached hydrogens (tertiary/aromatic N) is 1. The van der Waals surface area contributed by atoms with Crippen LogP contribution in [0.5, 0.6) is 0 Å². The summed E-state index contributed by atoms with van der Waals surface area (Å²) < 4.78 is 16.8. The second-order valence-corrected chi connectivity index (χ2v) is 9.51. The highest BCUT2D eigenvalue weighted by atomic mass is 32.2. The number of carbonyl (C=O) groups is 1. The molecule has 0 radical (unpaired) electrons. The highest BCUT2D eigenvalue weighted by Crippen LogP contribution is 2.37. The summed E-state index contributed by atoms with van der Waals surface area (Å²) >= 11 is 1.41. The first-order valence-electron chi connectivity index (χ1n) is 10.1. The smallest absolute Gasteiger partial charge is 0.407 e. The molecule has 9 heteroatoms. The Bertz CT molecular complexity index is 739. The van der Waals surface area contributed by atoms with Gasteiger partial charge < -0.3 is 29.7 Å². The van der Waals surface area contributed by atoms with Crippen molar-refractivity contribution in [2.75, 3.05) is 13.2 Å². The van der Waals surface area contributed by atoms with Crippen molar-refractivity contribution in [3.8, 4) is 0 Å². The Labute approximate surface area is 181 Å². The van der Waals surface area contributed by atoms with E-state index in [0.717, 1.165) is 10.6 Å². The van der Waals surface area contributed by atoms with Gasteiger partial charge in [0, 0.05) is 13.0 Å². The van der Waals surface area contributed by atoms with Crippen LogP contribution in [0.2, 0.25) is 0 Å². The Morgan fingerprint density at radius 2 is 1.97 bits per heavy atom. The minimum absolute atomic E-state index is 0.173. The summed E-state index contributed by atoms with van der Waals surface area (Å²) in [4.78, 5) is 16.2. The highest BCUT2D eigenvalue weighted by Gasteiger charge is 2.47. The summed E-state index contributed by atoms with van der Waals surface area (Å²) in [6.45, 7) is 6.35. The molecule has 3 rings (SSSR count). The Hall–Kier alpha value is -1.65. The van der Waals surface area contributed by atoms with Crippen molar-refractivity contribution in [3.63, 3.8) is 0 Å². The van der Waals surface area contributed by atoms with E-state index in [2.05, 4.69) is 10.3 Å². The van der Waals surface area contributed by atoms with E-state index >= 15 is 0 Å². The van der Waals surface area contributed by atoms with Gasteiger partial charge in [0.1, 0.15) is 35.4 Å². The average molecular weight is 439 g/mol. The fraction of sp³-hybridized carbons (Fsp3) is 0.619. The quantitative estimate of drug-likeness (QED) is 0.598. The summed E-state index contributed by atoms with van der Waals surface area (Å²) in [6, 6.07) is 9.19. The van der Waals surface area contributed by atoms with Gasteiger partial charge in [0.2, 0.25) is 0 Å². The van der Waals surface area contributed by atoms with E-state index in [1.807, 2.05) is 30.3 Å². The molecule has 3 N–H and O–H groups in total. The molecule has 2 heterocycles. The minimum atomic E-state index is -1.08. The normalized spacial score (nSPS) is 28.6. The van der Waals surface area contributed by atoms with E-state index in [0.29, 0.717) is 19.6 Å². The second kappa shape index (κ2) is 10.1. The van der Waals surface area contributed by atoms with Gasteiger partial charge in [-0.3, -0.25) is 4.99 Å². The summed E-state index contributed by atoms with van der Waals surface area (Å²) in [5.41, 5.74) is 0.0921. The number of hydrogen-bond donors (Lipinski definition) is 3. The largest absolute Gasteiger partial charge is 0.444 e. The van der Waals surface area contributed by atoms with Crippen molar-refractivity contribution >= 4 is 22.9 Å². The Balaban J connectivity index is 1.44. The fourth-order valence-corrected chi connectivity index (χ4v) is 4.43. The number of fused-ring (bicyclic) bond motifs is 1. The molecule has 0 aromatic heterocycles. The third-order valence-electron chi connectivity index (χ3n) is 4.61. The molecule has 5 atom stereocenters. The molecule has 1 amide bonds. The van der Waals surface area contributed by atoms with Gasteiger partial charge in [0.05, 0.1) is 18.3 Å². The zero-order valence-electron chi connectivity index (χ0n) is 17.5. The number of thioether (sulfide) groups is 1. The third kappa shape index (κ3) is 6.42. The van der Waals surface area contributed by atoms with Crippen molar-refractivity contribution in [3.05, 3.63) is 35.9 Å². The summed E-state index contributed by atoms with van der Waals surface area (Å²) in [7, 11) is 0. The lowest BCUT2D eigenvalue weighted by Gasteiger charge is -2.38. The summed E-state index contributed by atoms with van der Waals surface area (Å²) in [5.74, 6) is 0. The lowest BCUT2D eigenvalue weighted by atomic mass is 9.98. The van der Waals surface area contributed by atoms with E-state index in [9.17, 15) is 15.0 Å². The van der Waals surface area contributed by atoms with Crippen LogP contribution in [0.4, 0.5) is 4.79 Å². The highest BCUT2D eigenvalue weighted by molar-refractivity contribution is 8.14. The Kier molecular flexibility index (Phi) is 7.75. The molecule has 1 aromatic rings. The molecule has 8 nitrogen and oxygen atoms in total. The summed E-state index contributed by atoms with van der Waals surface area (Å²) in [5, 5.41) is 24.4. The van der Waals surface area contributed by atoms with Gasteiger partial charge in [0.25, 0.3) is 0 Å². The maximum Gasteiger partial charge on any atom is 0.407 e. The first-order valence-corrected chi connectivity index (χ1v) is 10.9. The molecular formula is C21H30N2O6S. The fourth-order valence-electron chi connectivity index (χ4n) is 3.20. The zero-order chi connectivity index (χ0) is 21.7. The molecule has 166 valence electrons. The van der Waals surface area contributed by atoms with Crippen LogP contribution in [-0.4, -0.2) is 69.9 Å². The monoisotopic (exact) mass is 438 g/mol. The second-order valence-electron chi connectivity index (χ2n) is 8.33. The molecule has 0 bridgehead atoms. The topological polar surface area (TPSA) is 110 Å². The van der Waals surface area contributed by atoms with Crippen molar-refractivity contribution in [1.29, 1.82) is 0 Å². The number of alkyl carbamates (subject to hydrolysis) is 1. The molecule has 2 aliphatic rings. The number of rotatable bonds is 7. The van der Waals surface area contributed by atoms with E-state index in [1.54, 1.807) is 20.8 Å². The van der Waals surface area contributed by atoms with Crippen molar-refractivity contribution in [2.45, 2.75) is 69.2 Å². The van der Waals surface area contributed by atoms with E-state index in [1.165, 1.54) is 11.8 Å². The van der Waals surface area contributed by atoms with Gasteiger partial charge in [-0.2, -0.15) is 0 Å². The molecule has 1 fully saturated rings. The van der Waals surface area contributed by atoms with Gasteiger partial charge in [0.15, 0.2) is 0 Å². The molecule has 0 aliphatic carbocycles. The third-order valence-corrected chi connectivity index (χ3v) is 5.82. The van der Waals surface area contributed by atoms with Crippen LogP contribution in [0, 0.1) is 0 Å². The minimum Gasteiger partial charge on any atom is -0.444 e. The molecule has 0 unspecified atom stereocenters. The first-order chi connectivity index (χ1) is 14.2. The molecule has 1 saturated heterocycles. The molecule has 30 heavy (non-hydrogen) atoms. The first kappa shape index (κ1) is 23.0. The van der Waals surface area contributed by atoms with Crippen LogP contribution in [0.3, 0.4) is 0 Å². The Morgan fingerprint density at radius 3 is 2.67 bits per heavy atom. The maximum atomic E-state index is 11.7. The SMILES string of the molecule is CC(C)(C)OC(=O)NCCC1=N[C@@H]2[C@@H](O)[C@H](O)[C@@H](COCc3ccccc3)O[C@@H]2S1. The van der Waals surface area contributed by atoms with Crippen molar-refractivity contribution in [2.24, 2.45) is 4.99 Å². The van der Waals surface area contributed by atoms with Crippen molar-refractivity contribution in [1.82, 2.24) is 5.32 Å². The number of hydrogen-bond acceptors (Lipinski definition) is 8. The van der Waals surface area contributed by atoms with E-state index in [4.69, 9.17) is 14.2 Å². The number of benzene rings is 1. The maximum absolute atomic E-state index is 11.7. The van der Waals surface area contributed by atoms with Crippen LogP contribution in [0.25, 0.3) is 0 Å². The molecule has 0 saturated carbocycles. The van der Waals surface area contributed by atoms with Crippen LogP contribution in [0.15, 0.2) is 35.3 Å². The summed E-state index contributed by atoms with van der Waals surface area (Å²) in [6.07, 6.45) is -2.72.